The number of nitrogens with one attached hydrogen (secondary N) is 1. The molecule has 188 valence electrons. The Balaban J connectivity index is 1.68. The molecule has 0 aliphatic heterocycles. The number of halogens is 6. The van der Waals surface area contributed by atoms with E-state index in [4.69, 9.17) is 9.68 Å². The third kappa shape index (κ3) is 10.0. The maximum Gasteiger partial charge on any atom is 0.416 e. The van der Waals surface area contributed by atoms with Crippen molar-refractivity contribution in [3.05, 3.63) is 82.9 Å². The fourth-order valence-corrected chi connectivity index (χ4v) is 2.44. The van der Waals surface area contributed by atoms with Gasteiger partial charge < -0.3 is 9.68 Å². The molecule has 0 unspecified atom stereocenters. The fourth-order valence-electron chi connectivity index (χ4n) is 2.44. The van der Waals surface area contributed by atoms with Gasteiger partial charge in [0.2, 0.25) is 0 Å². The van der Waals surface area contributed by atoms with Gasteiger partial charge in [-0.05, 0) is 54.0 Å². The van der Waals surface area contributed by atoms with Gasteiger partial charge in [0.1, 0.15) is 6.61 Å². The van der Waals surface area contributed by atoms with Crippen molar-refractivity contribution in [1.82, 2.24) is 5.64 Å². The molecule has 0 aliphatic rings. The number of nitrogens with zero attached hydrogens (tertiary/aromatic N) is 1. The molecule has 2 aromatic rings. The Bertz CT molecular complexity index is 1080. The second kappa shape index (κ2) is 12.7. The van der Waals surface area contributed by atoms with Crippen molar-refractivity contribution in [1.29, 1.82) is 0 Å². The van der Waals surface area contributed by atoms with Crippen molar-refractivity contribution in [2.24, 2.45) is 5.16 Å². The summed E-state index contributed by atoms with van der Waals surface area (Å²) in [6.45, 7) is 1.04. The highest BCUT2D eigenvalue weighted by Crippen LogP contribution is 2.30. The first-order valence-electron chi connectivity index (χ1n) is 9.89. The van der Waals surface area contributed by atoms with Gasteiger partial charge in [-0.25, -0.2) is 4.79 Å². The highest BCUT2D eigenvalue weighted by molar-refractivity contribution is 6.35. The number of hydrogen-bond acceptors (Lipinski definition) is 6. The quantitative estimate of drug-likeness (QED) is 0.192. The Morgan fingerprint density at radius 1 is 0.886 bits per heavy atom. The van der Waals surface area contributed by atoms with Crippen LogP contribution in [0.5, 0.6) is 0 Å². The van der Waals surface area contributed by atoms with E-state index in [0.717, 1.165) is 24.3 Å². The number of rotatable bonds is 10. The van der Waals surface area contributed by atoms with Crippen LogP contribution < -0.4 is 5.64 Å². The summed E-state index contributed by atoms with van der Waals surface area (Å²) in [4.78, 5) is 26.0. The van der Waals surface area contributed by atoms with E-state index in [0.29, 0.717) is 11.1 Å². The minimum atomic E-state index is -4.45. The Morgan fingerprint density at radius 3 is 1.91 bits per heavy atom. The molecule has 2 aromatic carbocycles. The Labute approximate surface area is 196 Å². The second-order valence-corrected chi connectivity index (χ2v) is 6.81. The maximum atomic E-state index is 12.7. The molecule has 0 radical (unpaired) electrons. The first kappa shape index (κ1) is 27.6. The van der Waals surface area contributed by atoms with Crippen LogP contribution in [0.3, 0.4) is 0 Å². The Morgan fingerprint density at radius 2 is 1.40 bits per heavy atom. The van der Waals surface area contributed by atoms with E-state index in [2.05, 4.69) is 9.99 Å². The summed E-state index contributed by atoms with van der Waals surface area (Å²) in [5, 5.41) is 3.50. The SMILES string of the molecule is CC(=NOC/C=C/c1cccc(C(F)(F)F)c1)C(=O)ONOC/C=C/c1cccc(C(F)(F)F)c1. The van der Waals surface area contributed by atoms with E-state index in [1.165, 1.54) is 55.5 Å². The van der Waals surface area contributed by atoms with E-state index in [1.54, 1.807) is 0 Å². The summed E-state index contributed by atoms with van der Waals surface area (Å²) in [5.41, 5.74) is 0.777. The summed E-state index contributed by atoms with van der Waals surface area (Å²) < 4.78 is 76.1. The molecule has 0 bridgehead atoms. The average Bonchev–Trinajstić information content (AvgIpc) is 2.80. The number of carbonyl (C=O) groups excluding carboxylic acids is 1. The lowest BCUT2D eigenvalue weighted by Gasteiger charge is -2.06. The summed E-state index contributed by atoms with van der Waals surface area (Å²) >= 11 is 0. The fraction of sp³-hybridized carbons (Fsp3) is 0.217. The second-order valence-electron chi connectivity index (χ2n) is 6.81. The van der Waals surface area contributed by atoms with Crippen LogP contribution in [0, 0.1) is 0 Å². The Hall–Kier alpha value is -3.64. The topological polar surface area (TPSA) is 69.2 Å². The van der Waals surface area contributed by atoms with Gasteiger partial charge in [0.15, 0.2) is 5.71 Å². The minimum absolute atomic E-state index is 0.120. The predicted molar refractivity (Wildman–Crippen MR) is 115 cm³/mol. The molecular weight excluding hydrogens is 482 g/mol. The first-order chi connectivity index (χ1) is 16.5. The van der Waals surface area contributed by atoms with Crippen LogP contribution >= 0.6 is 0 Å². The zero-order valence-electron chi connectivity index (χ0n) is 18.2. The van der Waals surface area contributed by atoms with Crippen molar-refractivity contribution in [2.75, 3.05) is 13.2 Å². The van der Waals surface area contributed by atoms with E-state index in [-0.39, 0.29) is 18.9 Å². The van der Waals surface area contributed by atoms with Gasteiger partial charge >= 0.3 is 18.3 Å². The number of alkyl halides is 6. The summed E-state index contributed by atoms with van der Waals surface area (Å²) in [5.74, 6) is -0.936. The predicted octanol–water partition coefficient (Wildman–Crippen LogP) is 5.82. The molecule has 1 N–H and O–H groups in total. The normalized spacial score (nSPS) is 12.9. The lowest BCUT2D eigenvalue weighted by molar-refractivity contribution is -0.180. The number of oxime groups is 1. The molecular formula is C23H20F6N2O4. The van der Waals surface area contributed by atoms with Gasteiger partial charge in [-0.3, -0.25) is 4.84 Å². The highest BCUT2D eigenvalue weighted by Gasteiger charge is 2.30. The van der Waals surface area contributed by atoms with Crippen LogP contribution in [-0.2, 0) is 31.7 Å². The van der Waals surface area contributed by atoms with Gasteiger partial charge in [-0.1, -0.05) is 47.6 Å². The minimum Gasteiger partial charge on any atom is -0.391 e. The molecule has 0 aliphatic carbocycles. The third-order valence-electron chi connectivity index (χ3n) is 4.09. The molecule has 0 aromatic heterocycles. The first-order valence-corrected chi connectivity index (χ1v) is 9.89. The summed E-state index contributed by atoms with van der Waals surface area (Å²) in [6, 6.07) is 9.37. The monoisotopic (exact) mass is 502 g/mol. The van der Waals surface area contributed by atoms with E-state index < -0.39 is 29.4 Å². The van der Waals surface area contributed by atoms with Gasteiger partial charge in [-0.2, -0.15) is 26.3 Å². The molecule has 0 atom stereocenters. The summed E-state index contributed by atoms with van der Waals surface area (Å²) in [6.07, 6.45) is -3.28. The van der Waals surface area contributed by atoms with Crippen LogP contribution in [0.4, 0.5) is 26.3 Å². The van der Waals surface area contributed by atoms with Crippen LogP contribution in [0.2, 0.25) is 0 Å². The molecule has 0 fully saturated rings. The van der Waals surface area contributed by atoms with Gasteiger partial charge in [0.25, 0.3) is 0 Å². The van der Waals surface area contributed by atoms with Crippen LogP contribution in [0.1, 0.15) is 29.2 Å². The number of carbonyl (C=O) groups is 1. The smallest absolute Gasteiger partial charge is 0.391 e. The van der Waals surface area contributed by atoms with Crippen LogP contribution in [0.15, 0.2) is 65.8 Å². The number of benzene rings is 2. The van der Waals surface area contributed by atoms with E-state index >= 15 is 0 Å². The summed E-state index contributed by atoms with van der Waals surface area (Å²) in [7, 11) is 0. The molecule has 35 heavy (non-hydrogen) atoms. The molecule has 0 amide bonds. The molecule has 0 heterocycles. The standard InChI is InChI=1S/C23H20F6N2O4/c1-16(30-33-12-4-8-17-6-2-10-19(14-17)22(24,25)26)21(32)35-31-34-13-5-9-18-7-3-11-20(15-18)23(27,28)29/h2-11,14-15,31H,12-13H2,1H3/b8-4+,9-5+,30-16?. The molecule has 0 saturated carbocycles. The molecule has 12 heteroatoms. The molecule has 2 rings (SSSR count). The third-order valence-corrected chi connectivity index (χ3v) is 4.09. The zero-order valence-corrected chi connectivity index (χ0v) is 18.2. The lowest BCUT2D eigenvalue weighted by Crippen LogP contribution is -2.25. The molecule has 0 saturated heterocycles. The van der Waals surface area contributed by atoms with Crippen LogP contribution in [0.25, 0.3) is 12.2 Å². The van der Waals surface area contributed by atoms with E-state index in [9.17, 15) is 31.1 Å². The van der Waals surface area contributed by atoms with Crippen molar-refractivity contribution in [3.8, 4) is 0 Å². The number of hydrogen-bond donors (Lipinski definition) is 1. The average molecular weight is 502 g/mol. The maximum absolute atomic E-state index is 12.7. The van der Waals surface area contributed by atoms with E-state index in [1.807, 2.05) is 5.64 Å². The lowest BCUT2D eigenvalue weighted by atomic mass is 10.1. The van der Waals surface area contributed by atoms with Crippen molar-refractivity contribution < 1.29 is 45.6 Å². The van der Waals surface area contributed by atoms with Crippen molar-refractivity contribution >= 4 is 23.8 Å². The highest BCUT2D eigenvalue weighted by atomic mass is 19.4. The van der Waals surface area contributed by atoms with Gasteiger partial charge in [-0.15, -0.1) is 0 Å². The largest absolute Gasteiger partial charge is 0.416 e. The molecule has 6 nitrogen and oxygen atoms in total. The van der Waals surface area contributed by atoms with Crippen LogP contribution in [-0.4, -0.2) is 24.9 Å². The molecule has 0 spiro atoms. The van der Waals surface area contributed by atoms with Crippen molar-refractivity contribution in [3.63, 3.8) is 0 Å². The zero-order chi connectivity index (χ0) is 25.9. The van der Waals surface area contributed by atoms with Gasteiger partial charge in [0.05, 0.1) is 17.7 Å². The Kier molecular flexibility index (Phi) is 10.0. The van der Waals surface area contributed by atoms with Crippen molar-refractivity contribution in [2.45, 2.75) is 19.3 Å². The van der Waals surface area contributed by atoms with Gasteiger partial charge in [0, 0.05) is 0 Å².